The van der Waals surface area contributed by atoms with E-state index in [1.165, 1.54) is 23.1 Å². The third-order valence-corrected chi connectivity index (χ3v) is 8.19. The molecule has 0 bridgehead atoms. The lowest BCUT2D eigenvalue weighted by Gasteiger charge is -2.28. The summed E-state index contributed by atoms with van der Waals surface area (Å²) >= 11 is 1.20. The molecule has 1 aromatic heterocycles. The summed E-state index contributed by atoms with van der Waals surface area (Å²) in [4.78, 5) is 6.57. The normalized spacial score (nSPS) is 15.5. The first-order valence-electron chi connectivity index (χ1n) is 9.78. The highest BCUT2D eigenvalue weighted by Crippen LogP contribution is 2.35. The summed E-state index contributed by atoms with van der Waals surface area (Å²) in [6, 6.07) is 20.1. The Morgan fingerprint density at radius 1 is 1.10 bits per heavy atom. The highest BCUT2D eigenvalue weighted by atomic mass is 32.2. The Morgan fingerprint density at radius 3 is 2.41 bits per heavy atom. The molecule has 5 nitrogen and oxygen atoms in total. The molecule has 0 aliphatic heterocycles. The maximum Gasteiger partial charge on any atom is 0.251 e. The van der Waals surface area contributed by atoms with E-state index in [9.17, 15) is 8.42 Å². The number of hydrogen-bond acceptors (Lipinski definition) is 5. The van der Waals surface area contributed by atoms with Crippen LogP contribution in [0.3, 0.4) is 0 Å². The zero-order chi connectivity index (χ0) is 20.3. The van der Waals surface area contributed by atoms with Gasteiger partial charge in [0.15, 0.2) is 4.21 Å². The van der Waals surface area contributed by atoms with Gasteiger partial charge in [0.2, 0.25) is 0 Å². The molecule has 1 atom stereocenters. The van der Waals surface area contributed by atoms with Gasteiger partial charge in [-0.15, -0.1) is 11.3 Å². The molecule has 1 aliphatic rings. The molecule has 1 heterocycles. The maximum atomic E-state index is 12.8. The van der Waals surface area contributed by atoms with Gasteiger partial charge in [-0.3, -0.25) is 4.90 Å². The second-order valence-corrected chi connectivity index (χ2v) is 10.5. The van der Waals surface area contributed by atoms with E-state index in [4.69, 9.17) is 0 Å². The standard InChI is InChI=1S/C22H25N3O2S2/c1-25(16-17-8-4-2-5-9-17)20(18-12-13-18)14-24-29(26,27)21-15-23-22(28-21)19-10-6-3-7-11-19/h2-11,15,18,20,24H,12-14,16H2,1H3. The lowest BCUT2D eigenvalue weighted by Crippen LogP contribution is -2.43. The van der Waals surface area contributed by atoms with Crippen molar-refractivity contribution in [3.8, 4) is 10.6 Å². The van der Waals surface area contributed by atoms with Crippen molar-refractivity contribution in [1.29, 1.82) is 0 Å². The van der Waals surface area contributed by atoms with Gasteiger partial charge in [0.1, 0.15) is 5.01 Å². The minimum absolute atomic E-state index is 0.187. The van der Waals surface area contributed by atoms with Crippen LogP contribution in [0.5, 0.6) is 0 Å². The summed E-state index contributed by atoms with van der Waals surface area (Å²) in [7, 11) is -1.50. The van der Waals surface area contributed by atoms with Crippen LogP contribution in [0, 0.1) is 5.92 Å². The van der Waals surface area contributed by atoms with Gasteiger partial charge in [0.25, 0.3) is 10.0 Å². The number of benzene rings is 2. The summed E-state index contributed by atoms with van der Waals surface area (Å²) < 4.78 is 28.8. The molecule has 2 aromatic carbocycles. The van der Waals surface area contributed by atoms with Gasteiger partial charge in [0, 0.05) is 24.7 Å². The predicted molar refractivity (Wildman–Crippen MR) is 117 cm³/mol. The summed E-state index contributed by atoms with van der Waals surface area (Å²) in [6.07, 6.45) is 3.77. The van der Waals surface area contributed by atoms with Gasteiger partial charge < -0.3 is 0 Å². The lowest BCUT2D eigenvalue weighted by molar-refractivity contribution is 0.211. The fraction of sp³-hybridized carbons (Fsp3) is 0.318. The summed E-state index contributed by atoms with van der Waals surface area (Å²) in [5.74, 6) is 0.549. The van der Waals surface area contributed by atoms with E-state index in [2.05, 4.69) is 33.8 Å². The smallest absolute Gasteiger partial charge is 0.251 e. The fourth-order valence-electron chi connectivity index (χ4n) is 3.52. The molecular weight excluding hydrogens is 402 g/mol. The van der Waals surface area contributed by atoms with Crippen molar-refractivity contribution in [2.45, 2.75) is 29.6 Å². The molecule has 4 rings (SSSR count). The summed E-state index contributed by atoms with van der Waals surface area (Å²) in [5.41, 5.74) is 2.16. The van der Waals surface area contributed by atoms with E-state index in [0.717, 1.165) is 24.9 Å². The van der Waals surface area contributed by atoms with Gasteiger partial charge >= 0.3 is 0 Å². The zero-order valence-corrected chi connectivity index (χ0v) is 18.0. The average Bonchev–Trinajstić information content (AvgIpc) is 3.43. The third kappa shape index (κ3) is 5.11. The molecule has 0 spiro atoms. The van der Waals surface area contributed by atoms with Crippen LogP contribution in [0.2, 0.25) is 0 Å². The van der Waals surface area contributed by atoms with E-state index in [0.29, 0.717) is 17.5 Å². The summed E-state index contributed by atoms with van der Waals surface area (Å²) in [5, 5.41) is 0.714. The van der Waals surface area contributed by atoms with Crippen LogP contribution in [-0.2, 0) is 16.6 Å². The number of likely N-dealkylation sites (N-methyl/N-ethyl adjacent to an activating group) is 1. The van der Waals surface area contributed by atoms with Crippen LogP contribution < -0.4 is 4.72 Å². The number of thiazole rings is 1. The quantitative estimate of drug-likeness (QED) is 0.561. The predicted octanol–water partition coefficient (Wildman–Crippen LogP) is 4.00. The molecule has 1 aliphatic carbocycles. The van der Waals surface area contributed by atoms with Crippen molar-refractivity contribution in [3.05, 3.63) is 72.4 Å². The van der Waals surface area contributed by atoms with Crippen LogP contribution >= 0.6 is 11.3 Å². The van der Waals surface area contributed by atoms with E-state index in [1.54, 1.807) is 0 Å². The average molecular weight is 428 g/mol. The number of rotatable bonds is 9. The van der Waals surface area contributed by atoms with E-state index >= 15 is 0 Å². The van der Waals surface area contributed by atoms with Crippen molar-refractivity contribution < 1.29 is 8.42 Å². The van der Waals surface area contributed by atoms with Gasteiger partial charge in [-0.05, 0) is 31.4 Å². The Labute approximate surface area is 176 Å². The zero-order valence-electron chi connectivity index (χ0n) is 16.4. The number of nitrogens with one attached hydrogen (secondary N) is 1. The van der Waals surface area contributed by atoms with Crippen LogP contribution in [0.4, 0.5) is 0 Å². The molecule has 1 N–H and O–H groups in total. The fourth-order valence-corrected chi connectivity index (χ4v) is 5.75. The highest BCUT2D eigenvalue weighted by molar-refractivity contribution is 7.91. The Hall–Kier alpha value is -2.06. The van der Waals surface area contributed by atoms with Crippen molar-refractivity contribution in [2.75, 3.05) is 13.6 Å². The minimum atomic E-state index is -3.58. The number of aromatic nitrogens is 1. The topological polar surface area (TPSA) is 62.3 Å². The lowest BCUT2D eigenvalue weighted by atomic mass is 10.1. The highest BCUT2D eigenvalue weighted by Gasteiger charge is 2.35. The van der Waals surface area contributed by atoms with Gasteiger partial charge in [-0.2, -0.15) is 0 Å². The Kier molecular flexibility index (Phi) is 6.10. The SMILES string of the molecule is CN(Cc1ccccc1)C(CNS(=O)(=O)c1cnc(-c2ccccc2)s1)C1CC1. The molecule has 0 radical (unpaired) electrons. The molecule has 1 saturated carbocycles. The van der Waals surface area contributed by atoms with Crippen molar-refractivity contribution in [3.63, 3.8) is 0 Å². The first-order valence-corrected chi connectivity index (χ1v) is 12.1. The Morgan fingerprint density at radius 2 is 1.76 bits per heavy atom. The first-order chi connectivity index (χ1) is 14.0. The van der Waals surface area contributed by atoms with E-state index < -0.39 is 10.0 Å². The van der Waals surface area contributed by atoms with Gasteiger partial charge in [0.05, 0.1) is 6.20 Å². The molecule has 1 unspecified atom stereocenters. The van der Waals surface area contributed by atoms with E-state index in [1.807, 2.05) is 48.5 Å². The number of sulfonamides is 1. The molecule has 7 heteroatoms. The molecule has 29 heavy (non-hydrogen) atoms. The number of hydrogen-bond donors (Lipinski definition) is 1. The Balaban J connectivity index is 1.42. The maximum absolute atomic E-state index is 12.8. The molecule has 3 aromatic rings. The van der Waals surface area contributed by atoms with Crippen LogP contribution in [0.1, 0.15) is 18.4 Å². The number of nitrogens with zero attached hydrogens (tertiary/aromatic N) is 2. The van der Waals surface area contributed by atoms with Crippen LogP contribution in [0.25, 0.3) is 10.6 Å². The second kappa shape index (κ2) is 8.75. The summed E-state index contributed by atoms with van der Waals surface area (Å²) in [6.45, 7) is 1.22. The van der Waals surface area contributed by atoms with Gasteiger partial charge in [-0.1, -0.05) is 60.7 Å². The second-order valence-electron chi connectivity index (χ2n) is 7.51. The molecule has 0 amide bonds. The molecule has 0 saturated heterocycles. The molecule has 1 fully saturated rings. The minimum Gasteiger partial charge on any atom is -0.298 e. The monoisotopic (exact) mass is 427 g/mol. The van der Waals surface area contributed by atoms with Crippen LogP contribution in [0.15, 0.2) is 71.1 Å². The van der Waals surface area contributed by atoms with Crippen molar-refractivity contribution in [2.24, 2.45) is 5.92 Å². The largest absolute Gasteiger partial charge is 0.298 e. The van der Waals surface area contributed by atoms with Crippen LogP contribution in [-0.4, -0.2) is 37.9 Å². The van der Waals surface area contributed by atoms with E-state index in [-0.39, 0.29) is 10.3 Å². The van der Waals surface area contributed by atoms with Gasteiger partial charge in [-0.25, -0.2) is 18.1 Å². The third-order valence-electron chi connectivity index (χ3n) is 5.26. The van der Waals surface area contributed by atoms with Crippen molar-refractivity contribution in [1.82, 2.24) is 14.6 Å². The Bertz CT molecular complexity index is 1030. The first kappa shape index (κ1) is 20.2. The van der Waals surface area contributed by atoms with Crippen molar-refractivity contribution >= 4 is 21.4 Å². The molecular formula is C22H25N3O2S2. The molecule has 152 valence electrons.